The van der Waals surface area contributed by atoms with E-state index in [4.69, 9.17) is 12.2 Å². The van der Waals surface area contributed by atoms with E-state index < -0.39 is 0 Å². The fourth-order valence-corrected chi connectivity index (χ4v) is 1.52. The van der Waals surface area contributed by atoms with Crippen molar-refractivity contribution in [3.05, 3.63) is 11.1 Å². The highest BCUT2D eigenvalue weighted by atomic mass is 32.1. The Kier molecular flexibility index (Phi) is 4.98. The molecule has 0 saturated heterocycles. The number of nitrogens with one attached hydrogen (secondary N) is 1. The van der Waals surface area contributed by atoms with E-state index in [-0.39, 0.29) is 0 Å². The lowest BCUT2D eigenvalue weighted by Gasteiger charge is -2.20. The largest absolute Gasteiger partial charge is 0.307 e. The smallest absolute Gasteiger partial charge is 0.194 e. The molecule has 1 rings (SSSR count). The van der Waals surface area contributed by atoms with Crippen LogP contribution in [-0.4, -0.2) is 39.3 Å². The van der Waals surface area contributed by atoms with Crippen LogP contribution in [0.5, 0.6) is 0 Å². The summed E-state index contributed by atoms with van der Waals surface area (Å²) in [6, 6.07) is 0.626. The van der Waals surface area contributed by atoms with E-state index in [0.29, 0.717) is 10.8 Å². The van der Waals surface area contributed by atoms with Crippen LogP contribution >= 0.6 is 12.2 Å². The van der Waals surface area contributed by atoms with Crippen molar-refractivity contribution in [2.45, 2.75) is 39.3 Å². The van der Waals surface area contributed by atoms with Gasteiger partial charge in [-0.1, -0.05) is 0 Å². The molecule has 0 aliphatic carbocycles. The molecule has 0 unspecified atom stereocenters. The molecule has 0 amide bonds. The number of hydrogen-bond acceptors (Lipinski definition) is 3. The van der Waals surface area contributed by atoms with Gasteiger partial charge in [0.05, 0.1) is 0 Å². The molecule has 0 saturated carbocycles. The van der Waals surface area contributed by atoms with Gasteiger partial charge in [-0.2, -0.15) is 5.10 Å². The molecule has 0 atom stereocenters. The fraction of sp³-hybridized carbons (Fsp3) is 0.800. The van der Waals surface area contributed by atoms with E-state index >= 15 is 0 Å². The van der Waals surface area contributed by atoms with Gasteiger partial charge < -0.3 is 9.47 Å². The highest BCUT2D eigenvalue weighted by molar-refractivity contribution is 7.71. The predicted octanol–water partition coefficient (Wildman–Crippen LogP) is 2.06. The zero-order valence-electron chi connectivity index (χ0n) is 9.73. The van der Waals surface area contributed by atoms with Crippen LogP contribution in [0.2, 0.25) is 0 Å². The molecule has 1 N–H and O–H groups in total. The Hall–Kier alpha value is -0.680. The van der Waals surface area contributed by atoms with Gasteiger partial charge >= 0.3 is 0 Å². The minimum Gasteiger partial charge on any atom is -0.307 e. The Balaban J connectivity index is 2.18. The van der Waals surface area contributed by atoms with Gasteiger partial charge in [-0.05, 0) is 52.5 Å². The molecule has 0 spiro atoms. The second-order valence-electron chi connectivity index (χ2n) is 4.14. The van der Waals surface area contributed by atoms with Crippen molar-refractivity contribution in [1.82, 2.24) is 19.7 Å². The minimum absolute atomic E-state index is 0.626. The Labute approximate surface area is 96.3 Å². The normalized spacial score (nSPS) is 11.5. The van der Waals surface area contributed by atoms with Gasteiger partial charge in [-0.15, -0.1) is 0 Å². The van der Waals surface area contributed by atoms with Crippen molar-refractivity contribution in [2.24, 2.45) is 0 Å². The summed E-state index contributed by atoms with van der Waals surface area (Å²) in [4.78, 5) is 2.36. The topological polar surface area (TPSA) is 36.9 Å². The summed E-state index contributed by atoms with van der Waals surface area (Å²) in [5.74, 6) is 0. The quantitative estimate of drug-likeness (QED) is 0.598. The molecule has 86 valence electrons. The molecule has 0 fully saturated rings. The molecule has 1 aromatic heterocycles. The summed E-state index contributed by atoms with van der Waals surface area (Å²) in [6.07, 6.45) is 4.10. The summed E-state index contributed by atoms with van der Waals surface area (Å²) >= 11 is 5.06. The van der Waals surface area contributed by atoms with Crippen LogP contribution in [0, 0.1) is 4.77 Å². The summed E-state index contributed by atoms with van der Waals surface area (Å²) in [5, 5.41) is 6.64. The molecule has 0 bridgehead atoms. The van der Waals surface area contributed by atoms with Crippen LogP contribution < -0.4 is 0 Å². The first kappa shape index (κ1) is 12.4. The lowest BCUT2D eigenvalue weighted by atomic mass is 10.2. The van der Waals surface area contributed by atoms with Crippen LogP contribution in [-0.2, 0) is 6.54 Å². The SMILES string of the molecule is CC(C)N(C)CCCCn1cn[nH]c1=S. The maximum Gasteiger partial charge on any atom is 0.194 e. The predicted molar refractivity (Wildman–Crippen MR) is 64.4 cm³/mol. The van der Waals surface area contributed by atoms with Crippen LogP contribution in [0.3, 0.4) is 0 Å². The molecule has 1 aromatic rings. The molecule has 5 heteroatoms. The van der Waals surface area contributed by atoms with Crippen molar-refractivity contribution in [2.75, 3.05) is 13.6 Å². The first-order valence-electron chi connectivity index (χ1n) is 5.41. The zero-order chi connectivity index (χ0) is 11.3. The summed E-state index contributed by atoms with van der Waals surface area (Å²) in [6.45, 7) is 6.53. The fourth-order valence-electron chi connectivity index (χ4n) is 1.33. The Morgan fingerprint density at radius 1 is 1.53 bits per heavy atom. The maximum atomic E-state index is 5.06. The Morgan fingerprint density at radius 3 is 2.80 bits per heavy atom. The second-order valence-corrected chi connectivity index (χ2v) is 4.52. The van der Waals surface area contributed by atoms with Crippen molar-refractivity contribution >= 4 is 12.2 Å². The molecular weight excluding hydrogens is 208 g/mol. The summed E-state index contributed by atoms with van der Waals surface area (Å²) < 4.78 is 2.69. The molecule has 0 aliphatic rings. The van der Waals surface area contributed by atoms with Crippen LogP contribution in [0.1, 0.15) is 26.7 Å². The summed E-state index contributed by atoms with van der Waals surface area (Å²) in [5.41, 5.74) is 0. The van der Waals surface area contributed by atoms with Crippen molar-refractivity contribution in [3.63, 3.8) is 0 Å². The number of H-pyrrole nitrogens is 1. The standard InChI is InChI=1S/C10H20N4S/c1-9(2)13(3)6-4-5-7-14-8-11-12-10(14)15/h8-9H,4-7H2,1-3H3,(H,12,15). The second kappa shape index (κ2) is 6.02. The van der Waals surface area contributed by atoms with E-state index in [9.17, 15) is 0 Å². The van der Waals surface area contributed by atoms with Crippen LogP contribution in [0.25, 0.3) is 0 Å². The van der Waals surface area contributed by atoms with E-state index in [1.807, 2.05) is 4.57 Å². The molecule has 0 aliphatic heterocycles. The van der Waals surface area contributed by atoms with E-state index in [1.165, 1.54) is 6.42 Å². The Morgan fingerprint density at radius 2 is 2.27 bits per heavy atom. The number of unbranched alkanes of at least 4 members (excludes halogenated alkanes) is 1. The van der Waals surface area contributed by atoms with Crippen molar-refractivity contribution < 1.29 is 0 Å². The lowest BCUT2D eigenvalue weighted by Crippen LogP contribution is -2.27. The molecule has 4 nitrogen and oxygen atoms in total. The zero-order valence-corrected chi connectivity index (χ0v) is 10.5. The van der Waals surface area contributed by atoms with E-state index in [2.05, 4.69) is 36.0 Å². The number of aryl methyl sites for hydroxylation is 1. The lowest BCUT2D eigenvalue weighted by molar-refractivity contribution is 0.266. The highest BCUT2D eigenvalue weighted by Crippen LogP contribution is 2.00. The Bertz CT molecular complexity index is 328. The van der Waals surface area contributed by atoms with Crippen molar-refractivity contribution in [1.29, 1.82) is 0 Å². The van der Waals surface area contributed by atoms with Crippen LogP contribution in [0.15, 0.2) is 6.33 Å². The van der Waals surface area contributed by atoms with Gasteiger partial charge in [0.15, 0.2) is 4.77 Å². The van der Waals surface area contributed by atoms with Crippen LogP contribution in [0.4, 0.5) is 0 Å². The third-order valence-electron chi connectivity index (χ3n) is 2.66. The molecule has 15 heavy (non-hydrogen) atoms. The molecule has 1 heterocycles. The first-order valence-corrected chi connectivity index (χ1v) is 5.82. The van der Waals surface area contributed by atoms with E-state index in [1.54, 1.807) is 6.33 Å². The average molecular weight is 228 g/mol. The number of hydrogen-bond donors (Lipinski definition) is 1. The van der Waals surface area contributed by atoms with Gasteiger partial charge in [0.1, 0.15) is 6.33 Å². The number of nitrogens with zero attached hydrogens (tertiary/aromatic N) is 3. The van der Waals surface area contributed by atoms with E-state index in [0.717, 1.165) is 19.5 Å². The average Bonchev–Trinajstić information content (AvgIpc) is 2.58. The third-order valence-corrected chi connectivity index (χ3v) is 2.99. The third kappa shape index (κ3) is 4.13. The maximum absolute atomic E-state index is 5.06. The van der Waals surface area contributed by atoms with Crippen molar-refractivity contribution in [3.8, 4) is 0 Å². The van der Waals surface area contributed by atoms with Gasteiger partial charge in [-0.25, -0.2) is 0 Å². The number of aromatic nitrogens is 3. The molecule has 0 radical (unpaired) electrons. The first-order chi connectivity index (χ1) is 7.11. The minimum atomic E-state index is 0.626. The monoisotopic (exact) mass is 228 g/mol. The summed E-state index contributed by atoms with van der Waals surface area (Å²) in [7, 11) is 2.16. The van der Waals surface area contributed by atoms with Gasteiger partial charge in [0, 0.05) is 12.6 Å². The van der Waals surface area contributed by atoms with Gasteiger partial charge in [-0.3, -0.25) is 5.10 Å². The highest BCUT2D eigenvalue weighted by Gasteiger charge is 2.02. The van der Waals surface area contributed by atoms with Gasteiger partial charge in [0.25, 0.3) is 0 Å². The molecular formula is C10H20N4S. The number of aromatic amines is 1. The number of rotatable bonds is 6. The van der Waals surface area contributed by atoms with Gasteiger partial charge in [0.2, 0.25) is 0 Å². The molecule has 0 aromatic carbocycles.